The summed E-state index contributed by atoms with van der Waals surface area (Å²) < 4.78 is 1.03. The maximum Gasteiger partial charge on any atom is 0.140 e. The van der Waals surface area contributed by atoms with Gasteiger partial charge in [0.1, 0.15) is 5.82 Å². The Morgan fingerprint density at radius 3 is 3.06 bits per heavy atom. The monoisotopic (exact) mass is 280 g/mol. The molecule has 1 aromatic heterocycles. The predicted molar refractivity (Wildman–Crippen MR) is 71.6 cm³/mol. The van der Waals surface area contributed by atoms with Crippen molar-refractivity contribution in [2.75, 3.05) is 11.9 Å². The summed E-state index contributed by atoms with van der Waals surface area (Å²) in [5.74, 6) is 0.943. The molecule has 0 aliphatic heterocycles. The molecule has 0 amide bonds. The number of hydrogen-bond donors (Lipinski definition) is 1. The molecule has 0 fully saturated rings. The summed E-state index contributed by atoms with van der Waals surface area (Å²) in [6.07, 6.45) is 10.6. The summed E-state index contributed by atoms with van der Waals surface area (Å²) >= 11 is 3.48. The lowest BCUT2D eigenvalue weighted by Crippen LogP contribution is -2.06. The molecule has 2 nitrogen and oxygen atoms in total. The Balaban J connectivity index is 1.80. The molecule has 1 aliphatic rings. The van der Waals surface area contributed by atoms with Crippen molar-refractivity contribution in [3.8, 4) is 0 Å². The van der Waals surface area contributed by atoms with E-state index >= 15 is 0 Å². The lowest BCUT2D eigenvalue weighted by molar-refractivity contribution is 0.679. The fourth-order valence-corrected chi connectivity index (χ4v) is 2.38. The molecule has 0 bridgehead atoms. The molecule has 0 spiro atoms. The van der Waals surface area contributed by atoms with Crippen molar-refractivity contribution in [3.63, 3.8) is 0 Å². The molecule has 0 unspecified atom stereocenters. The number of anilines is 1. The highest BCUT2D eigenvalue weighted by molar-refractivity contribution is 9.10. The minimum Gasteiger partial charge on any atom is -0.369 e. The predicted octanol–water partition coefficient (Wildman–Crippen LogP) is 4.15. The summed E-state index contributed by atoms with van der Waals surface area (Å²) in [7, 11) is 0. The van der Waals surface area contributed by atoms with Crippen molar-refractivity contribution in [1.82, 2.24) is 4.98 Å². The van der Waals surface area contributed by atoms with Crippen LogP contribution in [0, 0.1) is 0 Å². The minimum absolute atomic E-state index is 0.943. The van der Waals surface area contributed by atoms with Crippen LogP contribution in [0.4, 0.5) is 5.82 Å². The largest absolute Gasteiger partial charge is 0.369 e. The van der Waals surface area contributed by atoms with Crippen molar-refractivity contribution in [2.45, 2.75) is 32.1 Å². The number of nitrogens with zero attached hydrogens (tertiary/aromatic N) is 1. The molecule has 0 atom stereocenters. The maximum absolute atomic E-state index is 4.28. The second-order valence-electron chi connectivity index (χ2n) is 4.12. The van der Waals surface area contributed by atoms with Crippen LogP contribution in [0.2, 0.25) is 0 Å². The van der Waals surface area contributed by atoms with Crippen LogP contribution in [0.15, 0.2) is 34.5 Å². The first-order valence-electron chi connectivity index (χ1n) is 5.88. The second kappa shape index (κ2) is 6.04. The van der Waals surface area contributed by atoms with Gasteiger partial charge < -0.3 is 5.32 Å². The molecule has 86 valence electrons. The van der Waals surface area contributed by atoms with E-state index in [1.165, 1.54) is 25.7 Å². The Labute approximate surface area is 105 Å². The van der Waals surface area contributed by atoms with Crippen LogP contribution in [0.5, 0.6) is 0 Å². The normalized spacial score (nSPS) is 15.7. The summed E-state index contributed by atoms with van der Waals surface area (Å²) in [6.45, 7) is 0.974. The van der Waals surface area contributed by atoms with E-state index in [1.807, 2.05) is 18.3 Å². The van der Waals surface area contributed by atoms with Gasteiger partial charge in [-0.1, -0.05) is 11.6 Å². The molecule has 1 N–H and O–H groups in total. The Kier molecular flexibility index (Phi) is 4.40. The summed E-state index contributed by atoms with van der Waals surface area (Å²) in [4.78, 5) is 4.28. The molecule has 0 saturated heterocycles. The van der Waals surface area contributed by atoms with Gasteiger partial charge >= 0.3 is 0 Å². The fraction of sp³-hybridized carbons (Fsp3) is 0.462. The first kappa shape index (κ1) is 11.6. The van der Waals surface area contributed by atoms with Crippen LogP contribution in [0.25, 0.3) is 0 Å². The number of aromatic nitrogens is 1. The Morgan fingerprint density at radius 2 is 2.31 bits per heavy atom. The van der Waals surface area contributed by atoms with E-state index in [-0.39, 0.29) is 0 Å². The topological polar surface area (TPSA) is 24.9 Å². The fourth-order valence-electron chi connectivity index (χ4n) is 1.99. The van der Waals surface area contributed by atoms with E-state index in [0.717, 1.165) is 23.3 Å². The van der Waals surface area contributed by atoms with Crippen LogP contribution in [0.3, 0.4) is 0 Å². The van der Waals surface area contributed by atoms with E-state index < -0.39 is 0 Å². The smallest absolute Gasteiger partial charge is 0.140 e. The van der Waals surface area contributed by atoms with Crippen molar-refractivity contribution in [1.29, 1.82) is 0 Å². The van der Waals surface area contributed by atoms with Crippen LogP contribution >= 0.6 is 15.9 Å². The summed E-state index contributed by atoms with van der Waals surface area (Å²) in [5, 5.41) is 3.36. The number of rotatable bonds is 4. The second-order valence-corrected chi connectivity index (χ2v) is 4.97. The average molecular weight is 281 g/mol. The molecule has 0 aromatic carbocycles. The lowest BCUT2D eigenvalue weighted by Gasteiger charge is -2.13. The van der Waals surface area contributed by atoms with Gasteiger partial charge in [-0.05, 0) is 60.2 Å². The van der Waals surface area contributed by atoms with E-state index in [2.05, 4.69) is 32.3 Å². The standard InChI is InChI=1S/C13H17BrN2/c14-12-7-4-9-15-13(12)16-10-8-11-5-2-1-3-6-11/h4-5,7,9H,1-3,6,8,10H2,(H,15,16). The van der Waals surface area contributed by atoms with E-state index in [0.29, 0.717) is 0 Å². The molecule has 1 heterocycles. The number of hydrogen-bond acceptors (Lipinski definition) is 2. The third-order valence-corrected chi connectivity index (χ3v) is 3.52. The summed E-state index contributed by atoms with van der Waals surface area (Å²) in [6, 6.07) is 3.94. The third-order valence-electron chi connectivity index (χ3n) is 2.88. The first-order valence-corrected chi connectivity index (χ1v) is 6.68. The number of halogens is 1. The van der Waals surface area contributed by atoms with Crippen molar-refractivity contribution in [3.05, 3.63) is 34.5 Å². The van der Waals surface area contributed by atoms with Crippen molar-refractivity contribution >= 4 is 21.7 Å². The number of nitrogens with one attached hydrogen (secondary N) is 1. The average Bonchev–Trinajstić information content (AvgIpc) is 2.33. The molecule has 1 aromatic rings. The highest BCUT2D eigenvalue weighted by atomic mass is 79.9. The Hall–Kier alpha value is -0.830. The van der Waals surface area contributed by atoms with Crippen molar-refractivity contribution in [2.24, 2.45) is 0 Å². The zero-order valence-electron chi connectivity index (χ0n) is 9.38. The Morgan fingerprint density at radius 1 is 1.38 bits per heavy atom. The van der Waals surface area contributed by atoms with Gasteiger partial charge in [0.05, 0.1) is 4.47 Å². The quantitative estimate of drug-likeness (QED) is 0.839. The van der Waals surface area contributed by atoms with Gasteiger partial charge in [-0.15, -0.1) is 0 Å². The molecule has 3 heteroatoms. The van der Waals surface area contributed by atoms with Gasteiger partial charge in [0.15, 0.2) is 0 Å². The van der Waals surface area contributed by atoms with Gasteiger partial charge in [-0.25, -0.2) is 4.98 Å². The van der Waals surface area contributed by atoms with Crippen LogP contribution in [0.1, 0.15) is 32.1 Å². The van der Waals surface area contributed by atoms with Crippen LogP contribution < -0.4 is 5.32 Å². The van der Waals surface area contributed by atoms with Gasteiger partial charge in [-0.2, -0.15) is 0 Å². The van der Waals surface area contributed by atoms with Gasteiger partial charge in [0.25, 0.3) is 0 Å². The third kappa shape index (κ3) is 3.34. The Bertz CT molecular complexity index is 374. The van der Waals surface area contributed by atoms with Gasteiger partial charge in [-0.3, -0.25) is 0 Å². The molecule has 0 radical (unpaired) electrons. The van der Waals surface area contributed by atoms with E-state index in [9.17, 15) is 0 Å². The highest BCUT2D eigenvalue weighted by Gasteiger charge is 2.04. The van der Waals surface area contributed by atoms with Crippen LogP contribution in [-0.4, -0.2) is 11.5 Å². The van der Waals surface area contributed by atoms with Crippen molar-refractivity contribution < 1.29 is 0 Å². The number of allylic oxidation sites excluding steroid dienone is 1. The zero-order chi connectivity index (χ0) is 11.2. The lowest BCUT2D eigenvalue weighted by atomic mass is 9.97. The first-order chi connectivity index (χ1) is 7.86. The molecular formula is C13H17BrN2. The maximum atomic E-state index is 4.28. The van der Waals surface area contributed by atoms with Gasteiger partial charge in [0, 0.05) is 12.7 Å². The van der Waals surface area contributed by atoms with E-state index in [4.69, 9.17) is 0 Å². The van der Waals surface area contributed by atoms with E-state index in [1.54, 1.807) is 5.57 Å². The molecule has 16 heavy (non-hydrogen) atoms. The molecule has 2 rings (SSSR count). The molecular weight excluding hydrogens is 264 g/mol. The zero-order valence-corrected chi connectivity index (χ0v) is 11.0. The highest BCUT2D eigenvalue weighted by Crippen LogP contribution is 2.21. The molecule has 1 aliphatic carbocycles. The molecule has 0 saturated carbocycles. The van der Waals surface area contributed by atoms with Crippen LogP contribution in [-0.2, 0) is 0 Å². The minimum atomic E-state index is 0.943. The summed E-state index contributed by atoms with van der Waals surface area (Å²) in [5.41, 5.74) is 1.60. The van der Waals surface area contributed by atoms with Gasteiger partial charge in [0.2, 0.25) is 0 Å². The number of pyridine rings is 1. The SMILES string of the molecule is Brc1cccnc1NCCC1=CCCCC1.